The molecule has 2 aliphatic rings. The molecule has 2 heterocycles. The SMILES string of the molecule is CC(C)(C)OC(=O)N1CCC(F)(c2ccc3c(c2)OCC(N)C3)CC1. The van der Waals surface area contributed by atoms with Crippen molar-refractivity contribution < 1.29 is 18.7 Å². The number of benzene rings is 1. The third kappa shape index (κ3) is 4.06. The van der Waals surface area contributed by atoms with E-state index in [1.807, 2.05) is 32.9 Å². The molecule has 1 amide bonds. The lowest BCUT2D eigenvalue weighted by Crippen LogP contribution is -2.45. The normalized spacial score (nSPS) is 22.8. The third-order valence-electron chi connectivity index (χ3n) is 4.73. The van der Waals surface area contributed by atoms with E-state index in [1.54, 1.807) is 11.0 Å². The minimum absolute atomic E-state index is 0.00486. The molecule has 2 aliphatic heterocycles. The summed E-state index contributed by atoms with van der Waals surface area (Å²) in [7, 11) is 0. The van der Waals surface area contributed by atoms with Crippen molar-refractivity contribution in [3.8, 4) is 5.75 Å². The first kappa shape index (κ1) is 18.0. The van der Waals surface area contributed by atoms with Crippen LogP contribution < -0.4 is 10.5 Å². The van der Waals surface area contributed by atoms with Crippen LogP contribution in [0.4, 0.5) is 9.18 Å². The van der Waals surface area contributed by atoms with Crippen molar-refractivity contribution in [3.05, 3.63) is 29.3 Å². The molecule has 1 saturated heterocycles. The molecule has 1 fully saturated rings. The van der Waals surface area contributed by atoms with Crippen LogP contribution in [0.2, 0.25) is 0 Å². The number of rotatable bonds is 1. The van der Waals surface area contributed by atoms with E-state index in [2.05, 4.69) is 0 Å². The van der Waals surface area contributed by atoms with Gasteiger partial charge in [-0.15, -0.1) is 0 Å². The largest absolute Gasteiger partial charge is 0.492 e. The van der Waals surface area contributed by atoms with Gasteiger partial charge in [0, 0.05) is 32.0 Å². The lowest BCUT2D eigenvalue weighted by molar-refractivity contribution is 0.00213. The average Bonchev–Trinajstić information content (AvgIpc) is 2.53. The van der Waals surface area contributed by atoms with E-state index in [0.29, 0.717) is 25.3 Å². The van der Waals surface area contributed by atoms with E-state index in [9.17, 15) is 4.79 Å². The molecule has 0 aromatic heterocycles. The minimum atomic E-state index is -1.45. The Morgan fingerprint density at radius 3 is 2.68 bits per heavy atom. The van der Waals surface area contributed by atoms with Gasteiger partial charge in [-0.3, -0.25) is 0 Å². The summed E-state index contributed by atoms with van der Waals surface area (Å²) in [6.45, 7) is 6.62. The average molecular weight is 350 g/mol. The lowest BCUT2D eigenvalue weighted by Gasteiger charge is -2.37. The zero-order valence-electron chi connectivity index (χ0n) is 15.2. The van der Waals surface area contributed by atoms with E-state index >= 15 is 4.39 Å². The number of likely N-dealkylation sites (tertiary alicyclic amines) is 1. The molecule has 25 heavy (non-hydrogen) atoms. The van der Waals surface area contributed by atoms with Crippen LogP contribution in [-0.2, 0) is 16.8 Å². The maximum atomic E-state index is 15.5. The van der Waals surface area contributed by atoms with E-state index in [1.165, 1.54) is 0 Å². The molecule has 1 aromatic rings. The van der Waals surface area contributed by atoms with Crippen molar-refractivity contribution >= 4 is 6.09 Å². The molecule has 0 radical (unpaired) electrons. The number of fused-ring (bicyclic) bond motifs is 1. The first-order valence-corrected chi connectivity index (χ1v) is 8.85. The second-order valence-electron chi connectivity index (χ2n) is 8.03. The van der Waals surface area contributed by atoms with E-state index in [0.717, 1.165) is 17.7 Å². The van der Waals surface area contributed by atoms with Gasteiger partial charge in [-0.2, -0.15) is 0 Å². The van der Waals surface area contributed by atoms with Crippen LogP contribution in [0.1, 0.15) is 44.7 Å². The third-order valence-corrected chi connectivity index (χ3v) is 4.73. The molecule has 5 nitrogen and oxygen atoms in total. The second-order valence-corrected chi connectivity index (χ2v) is 8.03. The number of ether oxygens (including phenoxy) is 2. The fraction of sp³-hybridized carbons (Fsp3) is 0.632. The highest BCUT2D eigenvalue weighted by Crippen LogP contribution is 2.40. The molecule has 0 spiro atoms. The van der Waals surface area contributed by atoms with E-state index in [4.69, 9.17) is 15.2 Å². The Labute approximate surface area is 148 Å². The number of hydrogen-bond donors (Lipinski definition) is 1. The van der Waals surface area contributed by atoms with Gasteiger partial charge in [0.15, 0.2) is 0 Å². The predicted octanol–water partition coefficient (Wildman–Crippen LogP) is 3.14. The molecule has 0 saturated carbocycles. The van der Waals surface area contributed by atoms with Crippen LogP contribution in [0.5, 0.6) is 5.75 Å². The van der Waals surface area contributed by atoms with Crippen molar-refractivity contribution in [2.45, 2.75) is 57.3 Å². The molecular weight excluding hydrogens is 323 g/mol. The van der Waals surface area contributed by atoms with Gasteiger partial charge in [-0.1, -0.05) is 12.1 Å². The number of halogens is 1. The Hall–Kier alpha value is -1.82. The van der Waals surface area contributed by atoms with Gasteiger partial charge in [-0.25, -0.2) is 9.18 Å². The van der Waals surface area contributed by atoms with Crippen molar-refractivity contribution in [1.29, 1.82) is 0 Å². The Morgan fingerprint density at radius 1 is 1.36 bits per heavy atom. The summed E-state index contributed by atoms with van der Waals surface area (Å²) >= 11 is 0. The van der Waals surface area contributed by atoms with Crippen LogP contribution in [0.3, 0.4) is 0 Å². The van der Waals surface area contributed by atoms with Gasteiger partial charge >= 0.3 is 6.09 Å². The number of carbonyl (C=O) groups excluding carboxylic acids is 1. The fourth-order valence-electron chi connectivity index (χ4n) is 3.33. The minimum Gasteiger partial charge on any atom is -0.492 e. The highest BCUT2D eigenvalue weighted by atomic mass is 19.1. The van der Waals surface area contributed by atoms with Gasteiger partial charge in [0.05, 0.1) is 0 Å². The number of hydrogen-bond acceptors (Lipinski definition) is 4. The molecule has 0 aliphatic carbocycles. The maximum absolute atomic E-state index is 15.5. The summed E-state index contributed by atoms with van der Waals surface area (Å²) < 4.78 is 26.5. The van der Waals surface area contributed by atoms with Gasteiger partial charge < -0.3 is 20.1 Å². The van der Waals surface area contributed by atoms with Crippen LogP contribution in [0.25, 0.3) is 0 Å². The van der Waals surface area contributed by atoms with Crippen molar-refractivity contribution in [2.24, 2.45) is 5.73 Å². The molecule has 2 N–H and O–H groups in total. The number of nitrogens with two attached hydrogens (primary N) is 1. The van der Waals surface area contributed by atoms with Crippen molar-refractivity contribution in [2.75, 3.05) is 19.7 Å². The molecule has 1 unspecified atom stereocenters. The van der Waals surface area contributed by atoms with Crippen LogP contribution in [-0.4, -0.2) is 42.3 Å². The highest BCUT2D eigenvalue weighted by molar-refractivity contribution is 5.68. The zero-order chi connectivity index (χ0) is 18.2. The molecule has 6 heteroatoms. The molecule has 0 bridgehead atoms. The standard InChI is InChI=1S/C19H27FN2O3/c1-18(2,3)25-17(23)22-8-6-19(20,7-9-22)14-5-4-13-10-15(21)12-24-16(13)11-14/h4-5,11,15H,6-10,12,21H2,1-3H3. The van der Waals surface area contributed by atoms with Crippen LogP contribution in [0, 0.1) is 0 Å². The smallest absolute Gasteiger partial charge is 0.410 e. The monoisotopic (exact) mass is 350 g/mol. The summed E-state index contributed by atoms with van der Waals surface area (Å²) in [5.74, 6) is 0.728. The molecule has 3 rings (SSSR count). The predicted molar refractivity (Wildman–Crippen MR) is 93.4 cm³/mol. The van der Waals surface area contributed by atoms with Crippen LogP contribution >= 0.6 is 0 Å². The first-order valence-electron chi connectivity index (χ1n) is 8.85. The summed E-state index contributed by atoms with van der Waals surface area (Å²) in [6, 6.07) is 5.52. The number of amides is 1. The molecule has 138 valence electrons. The summed E-state index contributed by atoms with van der Waals surface area (Å²) in [5.41, 5.74) is 5.55. The quantitative estimate of drug-likeness (QED) is 0.845. The zero-order valence-corrected chi connectivity index (χ0v) is 15.2. The van der Waals surface area contributed by atoms with Gasteiger partial charge in [-0.05, 0) is 44.4 Å². The first-order chi connectivity index (χ1) is 11.7. The maximum Gasteiger partial charge on any atom is 0.410 e. The molecule has 1 atom stereocenters. The van der Waals surface area contributed by atoms with Crippen molar-refractivity contribution in [1.82, 2.24) is 4.90 Å². The van der Waals surface area contributed by atoms with E-state index in [-0.39, 0.29) is 25.0 Å². The number of nitrogens with zero attached hydrogens (tertiary/aromatic N) is 1. The summed E-state index contributed by atoms with van der Waals surface area (Å²) in [4.78, 5) is 13.7. The Kier molecular flexibility index (Phi) is 4.66. The second kappa shape index (κ2) is 6.48. The highest BCUT2D eigenvalue weighted by Gasteiger charge is 2.39. The Morgan fingerprint density at radius 2 is 2.04 bits per heavy atom. The fourth-order valence-corrected chi connectivity index (χ4v) is 3.33. The lowest BCUT2D eigenvalue weighted by atomic mass is 9.85. The van der Waals surface area contributed by atoms with Crippen LogP contribution in [0.15, 0.2) is 18.2 Å². The van der Waals surface area contributed by atoms with E-state index < -0.39 is 11.3 Å². The summed E-state index contributed by atoms with van der Waals surface area (Å²) in [6.07, 6.45) is 0.883. The van der Waals surface area contributed by atoms with Gasteiger partial charge in [0.25, 0.3) is 0 Å². The Bertz CT molecular complexity index is 649. The van der Waals surface area contributed by atoms with Crippen molar-refractivity contribution in [3.63, 3.8) is 0 Å². The topological polar surface area (TPSA) is 64.8 Å². The summed E-state index contributed by atoms with van der Waals surface area (Å²) in [5, 5.41) is 0. The Balaban J connectivity index is 1.67. The molecule has 1 aromatic carbocycles. The molecular formula is C19H27FN2O3. The van der Waals surface area contributed by atoms with Gasteiger partial charge in [0.1, 0.15) is 23.6 Å². The van der Waals surface area contributed by atoms with Gasteiger partial charge in [0.2, 0.25) is 0 Å². The number of alkyl halides is 1. The number of piperidine rings is 1. The number of carbonyl (C=O) groups is 1.